The van der Waals surface area contributed by atoms with E-state index in [1.807, 2.05) is 32.8 Å². The molecule has 1 heterocycles. The average molecular weight is 277 g/mol. The monoisotopic (exact) mass is 277 g/mol. The molecule has 0 bridgehead atoms. The number of nitrogens with two attached hydrogens (primary N) is 1. The highest BCUT2D eigenvalue weighted by Crippen LogP contribution is 2.32. The fourth-order valence-corrected chi connectivity index (χ4v) is 1.14. The van der Waals surface area contributed by atoms with Gasteiger partial charge in [-0.15, -0.1) is 0 Å². The Balaban J connectivity index is 2.88. The van der Waals surface area contributed by atoms with Crippen LogP contribution in [0.5, 0.6) is 5.88 Å². The minimum Gasteiger partial charge on any atom is -0.476 e. The molecule has 0 unspecified atom stereocenters. The lowest BCUT2D eigenvalue weighted by Gasteiger charge is -2.31. The highest BCUT2D eigenvalue weighted by Gasteiger charge is 2.32. The predicted molar refractivity (Wildman–Crippen MR) is 66.9 cm³/mol. The Morgan fingerprint density at radius 3 is 2.32 bits per heavy atom. The van der Waals surface area contributed by atoms with Gasteiger partial charge in [0.25, 0.3) is 0 Å². The largest absolute Gasteiger partial charge is 0.476 e. The number of ether oxygens (including phenoxy) is 1. The van der Waals surface area contributed by atoms with E-state index in [-0.39, 0.29) is 23.8 Å². The van der Waals surface area contributed by atoms with E-state index in [4.69, 9.17) is 10.5 Å². The quantitative estimate of drug-likeness (QED) is 0.918. The summed E-state index contributed by atoms with van der Waals surface area (Å²) in [7, 11) is 3.72. The maximum atomic E-state index is 12.6. The van der Waals surface area contributed by atoms with Crippen molar-refractivity contribution < 1.29 is 17.9 Å². The van der Waals surface area contributed by atoms with Crippen LogP contribution in [0.25, 0.3) is 0 Å². The van der Waals surface area contributed by atoms with E-state index in [1.165, 1.54) is 0 Å². The van der Waals surface area contributed by atoms with Gasteiger partial charge in [-0.2, -0.15) is 18.2 Å². The molecular formula is C12H18F3N3O. The molecule has 0 fully saturated rings. The Labute approximate surface area is 110 Å². The van der Waals surface area contributed by atoms with Crippen LogP contribution in [0.1, 0.15) is 19.4 Å². The second-order valence-electron chi connectivity index (χ2n) is 5.11. The molecule has 19 heavy (non-hydrogen) atoms. The molecule has 0 amide bonds. The summed E-state index contributed by atoms with van der Waals surface area (Å²) >= 11 is 0. The lowest BCUT2D eigenvalue weighted by atomic mass is 10.1. The van der Waals surface area contributed by atoms with Gasteiger partial charge in [-0.1, -0.05) is 0 Å². The summed E-state index contributed by atoms with van der Waals surface area (Å²) in [6.45, 7) is 4.02. The van der Waals surface area contributed by atoms with Crippen molar-refractivity contribution >= 4 is 5.82 Å². The van der Waals surface area contributed by atoms with Gasteiger partial charge in [0, 0.05) is 11.6 Å². The van der Waals surface area contributed by atoms with Crippen molar-refractivity contribution in [2.75, 3.05) is 26.4 Å². The van der Waals surface area contributed by atoms with Crippen molar-refractivity contribution in [3.63, 3.8) is 0 Å². The molecule has 1 rings (SSSR count). The summed E-state index contributed by atoms with van der Waals surface area (Å²) in [4.78, 5) is 5.65. The Hall–Kier alpha value is -1.50. The first kappa shape index (κ1) is 15.6. The molecule has 1 aromatic heterocycles. The molecule has 2 N–H and O–H groups in total. The molecule has 0 aromatic carbocycles. The number of pyridine rings is 1. The molecule has 7 heteroatoms. The second-order valence-corrected chi connectivity index (χ2v) is 5.11. The highest BCUT2D eigenvalue weighted by molar-refractivity contribution is 5.38. The second kappa shape index (κ2) is 5.24. The zero-order chi connectivity index (χ0) is 14.8. The van der Waals surface area contributed by atoms with Gasteiger partial charge in [0.15, 0.2) is 0 Å². The van der Waals surface area contributed by atoms with Crippen molar-refractivity contribution in [1.82, 2.24) is 9.88 Å². The summed E-state index contributed by atoms with van der Waals surface area (Å²) in [6.07, 6.45) is -4.47. The SMILES string of the molecule is CN(C)C(C)(C)COc1cc(C(F)(F)F)cc(N)n1. The third-order valence-corrected chi connectivity index (χ3v) is 2.93. The number of aromatic nitrogens is 1. The van der Waals surface area contributed by atoms with Gasteiger partial charge >= 0.3 is 6.18 Å². The summed E-state index contributed by atoms with van der Waals surface area (Å²) < 4.78 is 43.1. The van der Waals surface area contributed by atoms with Crippen molar-refractivity contribution in [2.24, 2.45) is 0 Å². The van der Waals surface area contributed by atoms with Crippen LogP contribution in [-0.4, -0.2) is 36.1 Å². The molecule has 0 saturated heterocycles. The number of alkyl halides is 3. The summed E-state index contributed by atoms with van der Waals surface area (Å²) in [6, 6.07) is 1.63. The van der Waals surface area contributed by atoms with Gasteiger partial charge in [-0.05, 0) is 34.0 Å². The Kier molecular flexibility index (Phi) is 4.29. The summed E-state index contributed by atoms with van der Waals surface area (Å²) in [5.41, 5.74) is 4.16. The molecule has 1 aromatic rings. The third-order valence-electron chi connectivity index (χ3n) is 2.93. The maximum absolute atomic E-state index is 12.6. The molecule has 0 saturated carbocycles. The Morgan fingerprint density at radius 1 is 1.26 bits per heavy atom. The average Bonchev–Trinajstić information content (AvgIpc) is 2.24. The number of likely N-dealkylation sites (N-methyl/N-ethyl adjacent to an activating group) is 1. The van der Waals surface area contributed by atoms with Crippen molar-refractivity contribution in [3.05, 3.63) is 17.7 Å². The number of halogens is 3. The third kappa shape index (κ3) is 4.27. The Bertz CT molecular complexity index is 444. The number of hydrogen-bond acceptors (Lipinski definition) is 4. The van der Waals surface area contributed by atoms with E-state index in [0.29, 0.717) is 0 Å². The van der Waals surface area contributed by atoms with Crippen LogP contribution >= 0.6 is 0 Å². The van der Waals surface area contributed by atoms with Crippen LogP contribution in [0.4, 0.5) is 19.0 Å². The fraction of sp³-hybridized carbons (Fsp3) is 0.583. The molecule has 0 aliphatic carbocycles. The first-order chi connectivity index (χ1) is 8.52. The first-order valence-corrected chi connectivity index (χ1v) is 5.67. The maximum Gasteiger partial charge on any atom is 0.416 e. The number of nitrogen functional groups attached to an aromatic ring is 1. The van der Waals surface area contributed by atoms with Crippen LogP contribution in [0.2, 0.25) is 0 Å². The van der Waals surface area contributed by atoms with E-state index in [9.17, 15) is 13.2 Å². The lowest BCUT2D eigenvalue weighted by molar-refractivity contribution is -0.137. The molecular weight excluding hydrogens is 259 g/mol. The summed E-state index contributed by atoms with van der Waals surface area (Å²) in [5.74, 6) is -0.338. The van der Waals surface area contributed by atoms with E-state index in [0.717, 1.165) is 12.1 Å². The number of hydrogen-bond donors (Lipinski definition) is 1. The fourth-order valence-electron chi connectivity index (χ4n) is 1.14. The first-order valence-electron chi connectivity index (χ1n) is 5.67. The van der Waals surface area contributed by atoms with Gasteiger partial charge in [0.05, 0.1) is 5.56 Å². The molecule has 0 spiro atoms. The molecule has 0 atom stereocenters. The topological polar surface area (TPSA) is 51.4 Å². The van der Waals surface area contributed by atoms with E-state index >= 15 is 0 Å². The van der Waals surface area contributed by atoms with Crippen LogP contribution in [-0.2, 0) is 6.18 Å². The molecule has 0 radical (unpaired) electrons. The molecule has 0 aliphatic rings. The van der Waals surface area contributed by atoms with Gasteiger partial charge in [-0.3, -0.25) is 0 Å². The smallest absolute Gasteiger partial charge is 0.416 e. The van der Waals surface area contributed by atoms with Crippen LogP contribution < -0.4 is 10.5 Å². The van der Waals surface area contributed by atoms with E-state index in [2.05, 4.69) is 4.98 Å². The van der Waals surface area contributed by atoms with Crippen molar-refractivity contribution in [2.45, 2.75) is 25.6 Å². The predicted octanol–water partition coefficient (Wildman–Crippen LogP) is 2.40. The van der Waals surface area contributed by atoms with Crippen molar-refractivity contribution in [1.29, 1.82) is 0 Å². The van der Waals surface area contributed by atoms with Gasteiger partial charge < -0.3 is 15.4 Å². The Morgan fingerprint density at radius 2 is 1.84 bits per heavy atom. The number of rotatable bonds is 4. The molecule has 0 aliphatic heterocycles. The van der Waals surface area contributed by atoms with Crippen LogP contribution in [0, 0.1) is 0 Å². The zero-order valence-corrected chi connectivity index (χ0v) is 11.4. The minimum atomic E-state index is -4.47. The highest BCUT2D eigenvalue weighted by atomic mass is 19.4. The number of nitrogens with zero attached hydrogens (tertiary/aromatic N) is 2. The van der Waals surface area contributed by atoms with Gasteiger partial charge in [0.1, 0.15) is 12.4 Å². The van der Waals surface area contributed by atoms with Gasteiger partial charge in [-0.25, -0.2) is 0 Å². The van der Waals surface area contributed by atoms with E-state index < -0.39 is 11.7 Å². The molecule has 108 valence electrons. The van der Waals surface area contributed by atoms with Crippen LogP contribution in [0.15, 0.2) is 12.1 Å². The van der Waals surface area contributed by atoms with E-state index in [1.54, 1.807) is 0 Å². The van der Waals surface area contributed by atoms with Crippen LogP contribution in [0.3, 0.4) is 0 Å². The van der Waals surface area contributed by atoms with Crippen molar-refractivity contribution in [3.8, 4) is 5.88 Å². The zero-order valence-electron chi connectivity index (χ0n) is 11.4. The standard InChI is InChI=1S/C12H18F3N3O/c1-11(2,18(3)4)7-19-10-6-8(12(13,14)15)5-9(16)17-10/h5-6H,7H2,1-4H3,(H2,16,17). The lowest BCUT2D eigenvalue weighted by Crippen LogP contribution is -2.43. The van der Waals surface area contributed by atoms with Gasteiger partial charge in [0.2, 0.25) is 5.88 Å². The molecule has 4 nitrogen and oxygen atoms in total. The normalized spacial score (nSPS) is 12.8. The minimum absolute atomic E-state index is 0.123. The summed E-state index contributed by atoms with van der Waals surface area (Å²) in [5, 5.41) is 0. The number of anilines is 1.